The van der Waals surface area contributed by atoms with Crippen LogP contribution in [-0.4, -0.2) is 57.1 Å². The summed E-state index contributed by atoms with van der Waals surface area (Å²) in [7, 11) is 0. The molecule has 3 amide bonds. The summed E-state index contributed by atoms with van der Waals surface area (Å²) < 4.78 is 42.0. The number of piperidine rings is 1. The van der Waals surface area contributed by atoms with Crippen molar-refractivity contribution >= 4 is 39.3 Å². The van der Waals surface area contributed by atoms with Crippen LogP contribution >= 0.6 is 11.3 Å². The minimum atomic E-state index is -4.65. The molecular formula is C27H26F3N5O3S. The maximum Gasteiger partial charge on any atom is 0.433 e. The topological polar surface area (TPSA) is 95.5 Å². The highest BCUT2D eigenvalue weighted by atomic mass is 32.1. The molecule has 3 fully saturated rings. The number of alkyl halides is 3. The number of rotatable bonds is 5. The van der Waals surface area contributed by atoms with Crippen LogP contribution in [0, 0.1) is 24.2 Å². The standard InChI is InChI=1S/C27H26F3N5O3S/c1-13-8-18(27(28,29)30)33-22(16(13)12-34-7-6-31-10-19(34)36)15-4-5-32-17-9-14(39-23(15)17)11-35-24(37)20-21(25(35)38)26(20,2)3/h4-5,8-9,20-21,31H,6-7,10-12H2,1-3H3. The normalized spacial score (nSPS) is 22.7. The molecule has 1 aliphatic carbocycles. The number of piperazine rings is 1. The number of nitrogens with zero attached hydrogens (tertiary/aromatic N) is 4. The number of nitrogens with one attached hydrogen (secondary N) is 1. The van der Waals surface area contributed by atoms with E-state index in [9.17, 15) is 27.6 Å². The Bertz CT molecular complexity index is 1530. The first-order valence-corrected chi connectivity index (χ1v) is 13.5. The van der Waals surface area contributed by atoms with Gasteiger partial charge in [-0.15, -0.1) is 11.3 Å². The third-order valence-electron chi connectivity index (χ3n) is 8.10. The van der Waals surface area contributed by atoms with Crippen molar-refractivity contribution in [2.24, 2.45) is 17.3 Å². The van der Waals surface area contributed by atoms with Gasteiger partial charge < -0.3 is 10.2 Å². The van der Waals surface area contributed by atoms with Crippen LogP contribution < -0.4 is 5.32 Å². The molecule has 1 saturated carbocycles. The molecule has 3 aromatic heterocycles. The highest BCUT2D eigenvalue weighted by molar-refractivity contribution is 7.19. The highest BCUT2D eigenvalue weighted by Gasteiger charge is 2.72. The van der Waals surface area contributed by atoms with Crippen LogP contribution in [0.4, 0.5) is 13.2 Å². The van der Waals surface area contributed by atoms with Crippen LogP contribution in [0.25, 0.3) is 21.5 Å². The van der Waals surface area contributed by atoms with Gasteiger partial charge in [-0.25, -0.2) is 4.98 Å². The first-order valence-electron chi connectivity index (χ1n) is 12.7. The largest absolute Gasteiger partial charge is 0.433 e. The molecule has 204 valence electrons. The lowest BCUT2D eigenvalue weighted by atomic mass is 9.99. The van der Waals surface area contributed by atoms with Gasteiger partial charge in [0.25, 0.3) is 0 Å². The predicted molar refractivity (Wildman–Crippen MR) is 137 cm³/mol. The summed E-state index contributed by atoms with van der Waals surface area (Å²) in [5.41, 5.74) is 0.745. The monoisotopic (exact) mass is 557 g/mol. The summed E-state index contributed by atoms with van der Waals surface area (Å²) >= 11 is 1.28. The maximum atomic E-state index is 13.8. The molecule has 2 saturated heterocycles. The summed E-state index contributed by atoms with van der Waals surface area (Å²) in [6.45, 7) is 6.85. The predicted octanol–water partition coefficient (Wildman–Crippen LogP) is 3.76. The zero-order valence-electron chi connectivity index (χ0n) is 21.6. The first kappa shape index (κ1) is 25.9. The third-order valence-corrected chi connectivity index (χ3v) is 9.24. The smallest absolute Gasteiger partial charge is 0.336 e. The number of hydrogen-bond acceptors (Lipinski definition) is 7. The molecule has 2 unspecified atom stereocenters. The van der Waals surface area contributed by atoms with Gasteiger partial charge in [0, 0.05) is 41.8 Å². The average Bonchev–Trinajstić information content (AvgIpc) is 3.10. The van der Waals surface area contributed by atoms with Crippen molar-refractivity contribution in [3.05, 3.63) is 46.1 Å². The fourth-order valence-electron chi connectivity index (χ4n) is 5.84. The maximum absolute atomic E-state index is 13.8. The number of fused-ring (bicyclic) bond motifs is 2. The number of imide groups is 1. The van der Waals surface area contributed by atoms with Crippen molar-refractivity contribution in [2.75, 3.05) is 19.6 Å². The summed E-state index contributed by atoms with van der Waals surface area (Å²) in [6, 6.07) is 4.40. The molecule has 1 N–H and O–H groups in total. The zero-order chi connectivity index (χ0) is 27.9. The van der Waals surface area contributed by atoms with E-state index in [2.05, 4.69) is 15.3 Å². The molecule has 5 heterocycles. The molecular weight excluding hydrogens is 531 g/mol. The van der Waals surface area contributed by atoms with Crippen LogP contribution in [0.3, 0.4) is 0 Å². The number of halogens is 3. The molecule has 8 nitrogen and oxygen atoms in total. The summed E-state index contributed by atoms with van der Waals surface area (Å²) in [4.78, 5) is 50.2. The fraction of sp³-hybridized carbons (Fsp3) is 0.444. The fourth-order valence-corrected chi connectivity index (χ4v) is 6.96. The Morgan fingerprint density at radius 3 is 2.51 bits per heavy atom. The van der Waals surface area contributed by atoms with Crippen LogP contribution in [0.5, 0.6) is 0 Å². The number of aryl methyl sites for hydroxylation is 1. The highest BCUT2D eigenvalue weighted by Crippen LogP contribution is 2.63. The Hall–Kier alpha value is -3.38. The number of carbonyl (C=O) groups is 3. The van der Waals surface area contributed by atoms with Gasteiger partial charge in [-0.3, -0.25) is 24.3 Å². The minimum Gasteiger partial charge on any atom is -0.336 e. The summed E-state index contributed by atoms with van der Waals surface area (Å²) in [5.74, 6) is -1.08. The Labute approximate surface area is 226 Å². The Balaban J connectivity index is 1.41. The van der Waals surface area contributed by atoms with Gasteiger partial charge in [-0.1, -0.05) is 13.8 Å². The van der Waals surface area contributed by atoms with Crippen LogP contribution in [-0.2, 0) is 33.6 Å². The van der Waals surface area contributed by atoms with E-state index < -0.39 is 11.9 Å². The summed E-state index contributed by atoms with van der Waals surface area (Å²) in [5, 5.41) is 3.00. The van der Waals surface area contributed by atoms with E-state index in [1.807, 2.05) is 13.8 Å². The molecule has 39 heavy (non-hydrogen) atoms. The molecule has 0 radical (unpaired) electrons. The second kappa shape index (κ2) is 8.82. The van der Waals surface area contributed by atoms with Gasteiger partial charge in [0.05, 0.1) is 40.8 Å². The number of hydrogen-bond donors (Lipinski definition) is 1. The lowest BCUT2D eigenvalue weighted by Gasteiger charge is -2.29. The van der Waals surface area contributed by atoms with Crippen LogP contribution in [0.1, 0.15) is 35.5 Å². The van der Waals surface area contributed by atoms with E-state index in [4.69, 9.17) is 0 Å². The molecule has 3 aromatic rings. The Morgan fingerprint density at radius 1 is 1.13 bits per heavy atom. The van der Waals surface area contributed by atoms with Gasteiger partial charge in [0.2, 0.25) is 17.7 Å². The van der Waals surface area contributed by atoms with Crippen molar-refractivity contribution < 1.29 is 27.6 Å². The first-order chi connectivity index (χ1) is 18.4. The van der Waals surface area contributed by atoms with Gasteiger partial charge >= 0.3 is 6.18 Å². The zero-order valence-corrected chi connectivity index (χ0v) is 22.4. The molecule has 3 aliphatic rings. The van der Waals surface area contributed by atoms with Gasteiger partial charge in [-0.2, -0.15) is 13.2 Å². The van der Waals surface area contributed by atoms with E-state index in [-0.39, 0.29) is 60.3 Å². The van der Waals surface area contributed by atoms with Crippen LogP contribution in [0.2, 0.25) is 0 Å². The van der Waals surface area contributed by atoms with Gasteiger partial charge in [-0.05, 0) is 36.1 Å². The Morgan fingerprint density at radius 2 is 1.85 bits per heavy atom. The molecule has 12 heteroatoms. The molecule has 0 bridgehead atoms. The number of amides is 3. The minimum absolute atomic E-state index is 0.0956. The average molecular weight is 558 g/mol. The van der Waals surface area contributed by atoms with Crippen molar-refractivity contribution in [3.8, 4) is 11.3 Å². The number of thiophene rings is 1. The molecule has 6 rings (SSSR count). The second-order valence-corrected chi connectivity index (χ2v) is 12.1. The SMILES string of the molecule is Cc1cc(C(F)(F)F)nc(-c2ccnc3cc(CN4C(=O)C5C(C4=O)C5(C)C)sc23)c1CN1CCNCC1=O. The van der Waals surface area contributed by atoms with Gasteiger partial charge in [0.15, 0.2) is 0 Å². The van der Waals surface area contributed by atoms with E-state index in [0.29, 0.717) is 44.9 Å². The number of carbonyl (C=O) groups excluding carboxylic acids is 3. The third kappa shape index (κ3) is 4.20. The summed E-state index contributed by atoms with van der Waals surface area (Å²) in [6.07, 6.45) is -3.14. The van der Waals surface area contributed by atoms with E-state index in [1.165, 1.54) is 22.4 Å². The van der Waals surface area contributed by atoms with Crippen molar-refractivity contribution in [1.29, 1.82) is 0 Å². The second-order valence-electron chi connectivity index (χ2n) is 11.0. The Kier molecular flexibility index (Phi) is 5.85. The van der Waals surface area contributed by atoms with E-state index in [1.54, 1.807) is 24.0 Å². The molecule has 2 atom stereocenters. The lowest BCUT2D eigenvalue weighted by molar-refractivity contribution is -0.144. The number of aromatic nitrogens is 2. The quantitative estimate of drug-likeness (QED) is 0.480. The molecule has 0 spiro atoms. The molecule has 2 aliphatic heterocycles. The van der Waals surface area contributed by atoms with Gasteiger partial charge in [0.1, 0.15) is 5.69 Å². The number of pyridine rings is 2. The lowest BCUT2D eigenvalue weighted by Crippen LogP contribution is -2.47. The van der Waals surface area contributed by atoms with Crippen molar-refractivity contribution in [2.45, 2.75) is 40.0 Å². The van der Waals surface area contributed by atoms with Crippen LogP contribution in [0.15, 0.2) is 24.4 Å². The number of likely N-dealkylation sites (tertiary alicyclic amines) is 1. The van der Waals surface area contributed by atoms with E-state index in [0.717, 1.165) is 6.07 Å². The van der Waals surface area contributed by atoms with Crippen molar-refractivity contribution in [1.82, 2.24) is 25.1 Å². The molecule has 0 aromatic carbocycles. The van der Waals surface area contributed by atoms with Crippen molar-refractivity contribution in [3.63, 3.8) is 0 Å². The van der Waals surface area contributed by atoms with E-state index >= 15 is 0 Å².